The summed E-state index contributed by atoms with van der Waals surface area (Å²) in [7, 11) is 0. The fourth-order valence-electron chi connectivity index (χ4n) is 6.32. The molecule has 31 heavy (non-hydrogen) atoms. The van der Waals surface area contributed by atoms with Gasteiger partial charge in [0.05, 0.1) is 0 Å². The summed E-state index contributed by atoms with van der Waals surface area (Å²) in [4.78, 5) is 31.7. The van der Waals surface area contributed by atoms with Gasteiger partial charge in [-0.1, -0.05) is 12.1 Å². The number of fused-ring (bicyclic) bond motifs is 4. The molecule has 1 aromatic rings. The minimum absolute atomic E-state index is 0.0606. The van der Waals surface area contributed by atoms with Crippen molar-refractivity contribution in [2.75, 3.05) is 32.7 Å². The molecule has 4 aliphatic rings. The Morgan fingerprint density at radius 1 is 1.13 bits per heavy atom. The van der Waals surface area contributed by atoms with Crippen LogP contribution in [0.4, 0.5) is 9.18 Å². The van der Waals surface area contributed by atoms with Crippen molar-refractivity contribution in [3.8, 4) is 0 Å². The van der Waals surface area contributed by atoms with E-state index in [1.54, 1.807) is 6.07 Å². The van der Waals surface area contributed by atoms with Gasteiger partial charge in [-0.05, 0) is 61.6 Å². The Kier molecular flexibility index (Phi) is 5.87. The van der Waals surface area contributed by atoms with Crippen molar-refractivity contribution in [1.29, 1.82) is 0 Å². The average molecular weight is 429 g/mol. The highest BCUT2D eigenvalue weighted by Gasteiger charge is 2.45. The minimum atomic E-state index is -0.278. The van der Waals surface area contributed by atoms with Crippen molar-refractivity contribution in [2.45, 2.75) is 57.2 Å². The molecule has 168 valence electrons. The number of carbonyl (C=O) groups is 2. The van der Waals surface area contributed by atoms with E-state index >= 15 is 0 Å². The lowest BCUT2D eigenvalue weighted by Gasteiger charge is -2.54. The Bertz CT molecular complexity index is 826. The Morgan fingerprint density at radius 2 is 1.97 bits per heavy atom. The zero-order valence-electron chi connectivity index (χ0n) is 18.1. The molecular weight excluding hydrogens is 395 g/mol. The van der Waals surface area contributed by atoms with Gasteiger partial charge in [-0.2, -0.15) is 0 Å². The molecule has 0 unspecified atom stereocenters. The number of urea groups is 1. The Morgan fingerprint density at radius 3 is 2.77 bits per heavy atom. The SMILES string of the molecule is O=C(NCc1cccc(F)c1)N1CCC(N2C[C@H]3C[C@H](C2)[C@H]2CCCC(=O)N2C3)CC1. The van der Waals surface area contributed by atoms with Gasteiger partial charge in [-0.15, -0.1) is 0 Å². The minimum Gasteiger partial charge on any atom is -0.339 e. The smallest absolute Gasteiger partial charge is 0.317 e. The lowest BCUT2D eigenvalue weighted by Crippen LogP contribution is -2.62. The van der Waals surface area contributed by atoms with Crippen LogP contribution < -0.4 is 5.32 Å². The van der Waals surface area contributed by atoms with Crippen LogP contribution in [0.3, 0.4) is 0 Å². The van der Waals surface area contributed by atoms with Gasteiger partial charge in [0.15, 0.2) is 0 Å². The monoisotopic (exact) mass is 428 g/mol. The highest BCUT2D eigenvalue weighted by atomic mass is 19.1. The maximum Gasteiger partial charge on any atom is 0.317 e. The fraction of sp³-hybridized carbons (Fsp3) is 0.667. The molecule has 4 saturated heterocycles. The third kappa shape index (κ3) is 4.43. The number of likely N-dealkylation sites (tertiary alicyclic amines) is 2. The van der Waals surface area contributed by atoms with Crippen LogP contribution in [0, 0.1) is 17.7 Å². The zero-order chi connectivity index (χ0) is 21.4. The fourth-order valence-corrected chi connectivity index (χ4v) is 6.32. The van der Waals surface area contributed by atoms with Crippen molar-refractivity contribution in [3.05, 3.63) is 35.6 Å². The van der Waals surface area contributed by atoms with Crippen LogP contribution >= 0.6 is 0 Å². The normalized spacial score (nSPS) is 29.6. The van der Waals surface area contributed by atoms with E-state index in [1.165, 1.54) is 25.0 Å². The molecule has 0 radical (unpaired) electrons. The number of carbonyl (C=O) groups excluding carboxylic acids is 2. The average Bonchev–Trinajstić information content (AvgIpc) is 2.78. The molecule has 3 amide bonds. The second kappa shape index (κ2) is 8.77. The van der Waals surface area contributed by atoms with Gasteiger partial charge in [-0.25, -0.2) is 9.18 Å². The van der Waals surface area contributed by atoms with Crippen LogP contribution in [-0.4, -0.2) is 71.4 Å². The summed E-state index contributed by atoms with van der Waals surface area (Å²) in [5.74, 6) is 1.31. The number of rotatable bonds is 3. The topological polar surface area (TPSA) is 55.9 Å². The van der Waals surface area contributed by atoms with Gasteiger partial charge in [0.1, 0.15) is 5.82 Å². The Labute approximate surface area is 183 Å². The maximum atomic E-state index is 13.3. The van der Waals surface area contributed by atoms with Crippen molar-refractivity contribution in [1.82, 2.24) is 20.0 Å². The predicted octanol–water partition coefficient (Wildman–Crippen LogP) is 2.83. The first-order valence-electron chi connectivity index (χ1n) is 11.9. The highest BCUT2D eigenvalue weighted by Crippen LogP contribution is 2.39. The van der Waals surface area contributed by atoms with Crippen molar-refractivity contribution in [3.63, 3.8) is 0 Å². The van der Waals surface area contributed by atoms with Crippen LogP contribution in [-0.2, 0) is 11.3 Å². The predicted molar refractivity (Wildman–Crippen MR) is 116 cm³/mol. The third-order valence-electron chi connectivity index (χ3n) is 7.81. The molecule has 6 nitrogen and oxygen atoms in total. The molecule has 1 N–H and O–H groups in total. The Balaban J connectivity index is 1.12. The molecule has 2 bridgehead atoms. The molecule has 3 atom stereocenters. The van der Waals surface area contributed by atoms with E-state index in [1.807, 2.05) is 11.0 Å². The first kappa shape index (κ1) is 20.7. The lowest BCUT2D eigenvalue weighted by molar-refractivity contribution is -0.145. The summed E-state index contributed by atoms with van der Waals surface area (Å²) in [6.07, 6.45) is 6.22. The van der Waals surface area contributed by atoms with Gasteiger partial charge in [0.2, 0.25) is 5.91 Å². The first-order chi connectivity index (χ1) is 15.1. The van der Waals surface area contributed by atoms with Crippen LogP contribution in [0.1, 0.15) is 44.1 Å². The summed E-state index contributed by atoms with van der Waals surface area (Å²) < 4.78 is 13.3. The number of halogens is 1. The third-order valence-corrected chi connectivity index (χ3v) is 7.81. The van der Waals surface area contributed by atoms with Crippen LogP contribution in [0.15, 0.2) is 24.3 Å². The summed E-state index contributed by atoms with van der Waals surface area (Å²) in [5, 5.41) is 2.93. The molecule has 5 rings (SSSR count). The zero-order valence-corrected chi connectivity index (χ0v) is 18.1. The van der Waals surface area contributed by atoms with Gasteiger partial charge in [0, 0.05) is 57.8 Å². The van der Waals surface area contributed by atoms with Gasteiger partial charge in [0.25, 0.3) is 0 Å². The van der Waals surface area contributed by atoms with Crippen molar-refractivity contribution >= 4 is 11.9 Å². The molecule has 4 fully saturated rings. The van der Waals surface area contributed by atoms with E-state index in [0.29, 0.717) is 36.4 Å². The van der Waals surface area contributed by atoms with Crippen LogP contribution in [0.25, 0.3) is 0 Å². The second-order valence-corrected chi connectivity index (χ2v) is 9.83. The molecule has 1 aromatic carbocycles. The van der Waals surface area contributed by atoms with Gasteiger partial charge < -0.3 is 15.1 Å². The number of hydrogen-bond donors (Lipinski definition) is 1. The van der Waals surface area contributed by atoms with Gasteiger partial charge in [-0.3, -0.25) is 9.69 Å². The molecule has 4 heterocycles. The lowest BCUT2D eigenvalue weighted by atomic mass is 9.75. The molecule has 0 saturated carbocycles. The number of nitrogens with one attached hydrogen (secondary N) is 1. The van der Waals surface area contributed by atoms with E-state index < -0.39 is 0 Å². The molecule has 0 spiro atoms. The van der Waals surface area contributed by atoms with Crippen LogP contribution in [0.2, 0.25) is 0 Å². The van der Waals surface area contributed by atoms with E-state index in [4.69, 9.17) is 0 Å². The quantitative estimate of drug-likeness (QED) is 0.806. The molecule has 7 heteroatoms. The molecule has 0 aromatic heterocycles. The Hall–Kier alpha value is -2.15. The van der Waals surface area contributed by atoms with E-state index in [2.05, 4.69) is 15.1 Å². The second-order valence-electron chi connectivity index (χ2n) is 9.83. The number of piperidine rings is 4. The number of benzene rings is 1. The highest BCUT2D eigenvalue weighted by molar-refractivity contribution is 5.77. The molecule has 4 aliphatic heterocycles. The summed E-state index contributed by atoms with van der Waals surface area (Å²) in [5.41, 5.74) is 0.776. The number of nitrogens with zero attached hydrogens (tertiary/aromatic N) is 3. The van der Waals surface area contributed by atoms with Crippen molar-refractivity contribution < 1.29 is 14.0 Å². The van der Waals surface area contributed by atoms with Crippen LogP contribution in [0.5, 0.6) is 0 Å². The summed E-state index contributed by atoms with van der Waals surface area (Å²) in [6, 6.07) is 7.28. The van der Waals surface area contributed by atoms with E-state index in [0.717, 1.165) is 64.0 Å². The van der Waals surface area contributed by atoms with Gasteiger partial charge >= 0.3 is 6.03 Å². The van der Waals surface area contributed by atoms with E-state index in [-0.39, 0.29) is 11.8 Å². The largest absolute Gasteiger partial charge is 0.339 e. The first-order valence-corrected chi connectivity index (χ1v) is 11.9. The standard InChI is InChI=1S/C24H33FN4O2/c25-20-4-1-3-17(12-20)13-26-24(31)27-9-7-21(8-10-27)28-14-18-11-19(16-28)22-5-2-6-23(30)29(22)15-18/h1,3-4,12,18-19,21-22H,2,5-11,13-16H2,(H,26,31)/t18-,19-,22-/m1/s1. The van der Waals surface area contributed by atoms with Crippen molar-refractivity contribution in [2.24, 2.45) is 11.8 Å². The number of hydrogen-bond acceptors (Lipinski definition) is 3. The molecular formula is C24H33FN4O2. The van der Waals surface area contributed by atoms with E-state index in [9.17, 15) is 14.0 Å². The maximum absolute atomic E-state index is 13.3. The summed E-state index contributed by atoms with van der Waals surface area (Å²) >= 11 is 0. The molecule has 0 aliphatic carbocycles. The number of amides is 3. The summed E-state index contributed by atoms with van der Waals surface area (Å²) in [6.45, 7) is 5.00.